The molecule has 56 valence electrons. The van der Waals surface area contributed by atoms with Crippen molar-refractivity contribution in [3.05, 3.63) is 0 Å². The van der Waals surface area contributed by atoms with E-state index in [-0.39, 0.29) is 0 Å². The van der Waals surface area contributed by atoms with E-state index in [1.54, 1.807) is 0 Å². The van der Waals surface area contributed by atoms with Gasteiger partial charge in [-0.1, -0.05) is 0 Å². The fourth-order valence-electron chi connectivity index (χ4n) is 0.292. The number of halogens is 4. The summed E-state index contributed by atoms with van der Waals surface area (Å²) in [7, 11) is 0. The second-order valence-electron chi connectivity index (χ2n) is 1.46. The Morgan fingerprint density at radius 2 is 1.50 bits per heavy atom. The second-order valence-corrected chi connectivity index (χ2v) is 2.57. The average molecular weight is 217 g/mol. The van der Waals surface area contributed by atoms with Crippen LogP contribution in [0.2, 0.25) is 0 Å². The number of alkyl halides is 4. The normalized spacial score (nSPS) is 22.0. The molecule has 0 spiro atoms. The number of rotatable bonds is 0. The minimum atomic E-state index is -4.59. The predicted molar refractivity (Wildman–Crippen MR) is 27.4 cm³/mol. The fourth-order valence-corrected chi connectivity index (χ4v) is 0.434. The molecule has 0 aromatic heterocycles. The first kappa shape index (κ1) is 7.58. The molecule has 1 rings (SSSR count). The Labute approximate surface area is 61.3 Å². The van der Waals surface area contributed by atoms with Crippen molar-refractivity contribution in [2.75, 3.05) is 0 Å². The lowest BCUT2D eigenvalue weighted by molar-refractivity contribution is -0.153. The van der Waals surface area contributed by atoms with Gasteiger partial charge in [0.1, 0.15) is 0 Å². The first-order chi connectivity index (χ1) is 4.46. The van der Waals surface area contributed by atoms with Gasteiger partial charge in [-0.2, -0.15) is 13.2 Å². The lowest BCUT2D eigenvalue weighted by atomic mass is 10.5. The van der Waals surface area contributed by atoms with Crippen molar-refractivity contribution in [2.24, 2.45) is 20.7 Å². The smallest absolute Gasteiger partial charge is 0.165 e. The number of hydrogen-bond acceptors (Lipinski definition) is 4. The van der Waals surface area contributed by atoms with Crippen molar-refractivity contribution < 1.29 is 13.2 Å². The highest BCUT2D eigenvalue weighted by atomic mass is 79.9. The van der Waals surface area contributed by atoms with Gasteiger partial charge in [0, 0.05) is 0 Å². The van der Waals surface area contributed by atoms with E-state index in [1.807, 2.05) is 0 Å². The summed E-state index contributed by atoms with van der Waals surface area (Å²) in [5.41, 5.74) is 0. The van der Waals surface area contributed by atoms with Crippen LogP contribution in [0.4, 0.5) is 13.2 Å². The third-order valence-electron chi connectivity index (χ3n) is 0.755. The Morgan fingerprint density at radius 3 is 1.70 bits per heavy atom. The molecule has 0 bridgehead atoms. The molecule has 0 aromatic rings. The summed E-state index contributed by atoms with van der Waals surface area (Å²) in [6.07, 6.45) is -4.59. The molecule has 0 radical (unpaired) electrons. The SMILES string of the molecule is FC(F)(F)C1(Br)N=NN=N1. The van der Waals surface area contributed by atoms with E-state index in [9.17, 15) is 13.2 Å². The Kier molecular flexibility index (Phi) is 1.50. The molecule has 8 heteroatoms. The van der Waals surface area contributed by atoms with E-state index < -0.39 is 10.7 Å². The van der Waals surface area contributed by atoms with Crippen molar-refractivity contribution in [2.45, 2.75) is 10.7 Å². The Morgan fingerprint density at radius 1 is 1.10 bits per heavy atom. The molecule has 1 aliphatic rings. The van der Waals surface area contributed by atoms with Crippen LogP contribution in [0.5, 0.6) is 0 Å². The van der Waals surface area contributed by atoms with E-state index in [1.165, 1.54) is 0 Å². The summed E-state index contributed by atoms with van der Waals surface area (Å²) in [6, 6.07) is 0. The van der Waals surface area contributed by atoms with Crippen molar-refractivity contribution in [1.29, 1.82) is 0 Å². The van der Waals surface area contributed by atoms with Crippen LogP contribution < -0.4 is 0 Å². The minimum Gasteiger partial charge on any atom is -0.165 e. The van der Waals surface area contributed by atoms with E-state index in [0.717, 1.165) is 0 Å². The molecule has 0 N–H and O–H groups in total. The highest BCUT2D eigenvalue weighted by Crippen LogP contribution is 2.42. The molecule has 1 aliphatic heterocycles. The van der Waals surface area contributed by atoms with Crippen molar-refractivity contribution in [1.82, 2.24) is 0 Å². The summed E-state index contributed by atoms with van der Waals surface area (Å²) in [4.78, 5) is 0. The summed E-state index contributed by atoms with van der Waals surface area (Å²) in [5, 5.41) is 10.9. The Hall–Kier alpha value is -0.530. The zero-order valence-electron chi connectivity index (χ0n) is 4.30. The highest BCUT2D eigenvalue weighted by Gasteiger charge is 2.57. The number of hydrogen-bond donors (Lipinski definition) is 0. The van der Waals surface area contributed by atoms with Gasteiger partial charge in [-0.05, 0) is 26.4 Å². The van der Waals surface area contributed by atoms with Gasteiger partial charge in [0.05, 0.1) is 0 Å². The highest BCUT2D eigenvalue weighted by molar-refractivity contribution is 9.10. The average Bonchev–Trinajstić information content (AvgIpc) is 2.13. The molecule has 0 fully saturated rings. The summed E-state index contributed by atoms with van der Waals surface area (Å²) < 4.78 is 32.7. The monoisotopic (exact) mass is 216 g/mol. The van der Waals surface area contributed by atoms with Gasteiger partial charge >= 0.3 is 10.7 Å². The molecule has 0 unspecified atom stereocenters. The first-order valence-corrected chi connectivity index (χ1v) is 2.85. The van der Waals surface area contributed by atoms with Gasteiger partial charge in [-0.15, -0.1) is 10.2 Å². The molecule has 4 nitrogen and oxygen atoms in total. The number of nitrogens with zero attached hydrogens (tertiary/aromatic N) is 4. The van der Waals surface area contributed by atoms with Gasteiger partial charge in [0.2, 0.25) is 0 Å². The van der Waals surface area contributed by atoms with Crippen molar-refractivity contribution in [3.8, 4) is 0 Å². The van der Waals surface area contributed by atoms with Gasteiger partial charge in [-0.25, -0.2) is 0 Å². The van der Waals surface area contributed by atoms with Crippen LogP contribution in [-0.2, 0) is 0 Å². The zero-order chi connectivity index (χ0) is 7.83. The quantitative estimate of drug-likeness (QED) is 0.442. The lowest BCUT2D eigenvalue weighted by Crippen LogP contribution is -2.33. The van der Waals surface area contributed by atoms with Crippen LogP contribution in [0.3, 0.4) is 0 Å². The van der Waals surface area contributed by atoms with Gasteiger partial charge in [0.15, 0.2) is 0 Å². The fraction of sp³-hybridized carbons (Fsp3) is 1.00. The largest absolute Gasteiger partial charge is 0.448 e. The van der Waals surface area contributed by atoms with Crippen LogP contribution in [0, 0.1) is 0 Å². The molecule has 0 saturated carbocycles. The zero-order valence-corrected chi connectivity index (χ0v) is 5.89. The van der Waals surface area contributed by atoms with E-state index >= 15 is 0 Å². The second kappa shape index (κ2) is 1.97. The summed E-state index contributed by atoms with van der Waals surface area (Å²) in [5.74, 6) is 0. The predicted octanol–water partition coefficient (Wildman–Crippen LogP) is 2.43. The first-order valence-electron chi connectivity index (χ1n) is 2.05. The maximum absolute atomic E-state index is 11.8. The molecule has 1 heterocycles. The van der Waals surface area contributed by atoms with Crippen molar-refractivity contribution in [3.63, 3.8) is 0 Å². The summed E-state index contributed by atoms with van der Waals surface area (Å²) >= 11 is 2.22. The molecule has 0 atom stereocenters. The third kappa shape index (κ3) is 1.02. The Bertz CT molecular complexity index is 183. The topological polar surface area (TPSA) is 49.4 Å². The molecule has 0 aliphatic carbocycles. The molecular formula is C2BrF3N4. The van der Waals surface area contributed by atoms with Crippen LogP contribution in [0.1, 0.15) is 0 Å². The molecular weight excluding hydrogens is 217 g/mol. The molecule has 0 aromatic carbocycles. The standard InChI is InChI=1S/C2BrF3N4/c3-1(2(4,5)6)7-9-10-8-1. The summed E-state index contributed by atoms with van der Waals surface area (Å²) in [6.45, 7) is 0. The molecule has 0 saturated heterocycles. The van der Waals surface area contributed by atoms with Gasteiger partial charge < -0.3 is 0 Å². The van der Waals surface area contributed by atoms with Crippen molar-refractivity contribution >= 4 is 15.9 Å². The maximum Gasteiger partial charge on any atom is 0.448 e. The van der Waals surface area contributed by atoms with Gasteiger partial charge in [0.25, 0.3) is 0 Å². The minimum absolute atomic E-state index is 2.22. The van der Waals surface area contributed by atoms with E-state index in [0.29, 0.717) is 0 Å². The van der Waals surface area contributed by atoms with E-state index in [2.05, 4.69) is 36.6 Å². The molecule has 10 heavy (non-hydrogen) atoms. The Balaban J connectivity index is 2.90. The third-order valence-corrected chi connectivity index (χ3v) is 1.52. The lowest BCUT2D eigenvalue weighted by Gasteiger charge is -2.14. The van der Waals surface area contributed by atoms with Crippen LogP contribution in [0.25, 0.3) is 0 Å². The van der Waals surface area contributed by atoms with Crippen LogP contribution in [0.15, 0.2) is 20.7 Å². The van der Waals surface area contributed by atoms with E-state index in [4.69, 9.17) is 0 Å². The van der Waals surface area contributed by atoms with Gasteiger partial charge in [-0.3, -0.25) is 0 Å². The van der Waals surface area contributed by atoms with Crippen LogP contribution in [-0.4, -0.2) is 10.7 Å². The van der Waals surface area contributed by atoms with Crippen LogP contribution >= 0.6 is 15.9 Å². The molecule has 0 amide bonds. The maximum atomic E-state index is 11.8.